The van der Waals surface area contributed by atoms with Crippen LogP contribution in [0.15, 0.2) is 65.8 Å². The van der Waals surface area contributed by atoms with Crippen LogP contribution in [-0.4, -0.2) is 26.4 Å². The Kier molecular flexibility index (Phi) is 6.90. The van der Waals surface area contributed by atoms with E-state index in [0.29, 0.717) is 12.2 Å². The fourth-order valence-electron chi connectivity index (χ4n) is 3.95. The van der Waals surface area contributed by atoms with E-state index >= 15 is 0 Å². The molecule has 1 amide bonds. The van der Waals surface area contributed by atoms with Crippen molar-refractivity contribution in [3.05, 3.63) is 83.2 Å². The van der Waals surface area contributed by atoms with Gasteiger partial charge in [0.25, 0.3) is 0 Å². The van der Waals surface area contributed by atoms with Crippen molar-refractivity contribution in [3.63, 3.8) is 0 Å². The van der Waals surface area contributed by atoms with Gasteiger partial charge in [0.15, 0.2) is 5.16 Å². The molecule has 5 nitrogen and oxygen atoms in total. The van der Waals surface area contributed by atoms with E-state index in [0.717, 1.165) is 29.5 Å². The molecule has 0 saturated carbocycles. The van der Waals surface area contributed by atoms with Gasteiger partial charge in [-0.15, -0.1) is 10.2 Å². The third kappa shape index (κ3) is 4.70. The van der Waals surface area contributed by atoms with Crippen molar-refractivity contribution < 1.29 is 4.79 Å². The van der Waals surface area contributed by atoms with Gasteiger partial charge in [-0.2, -0.15) is 0 Å². The fourth-order valence-corrected chi connectivity index (χ4v) is 4.68. The van der Waals surface area contributed by atoms with Crippen LogP contribution in [0.1, 0.15) is 36.4 Å². The summed E-state index contributed by atoms with van der Waals surface area (Å²) in [6.07, 6.45) is 2.47. The fraction of sp³-hybridized carbons (Fsp3) is 0.269. The molecule has 0 unspecified atom stereocenters. The lowest BCUT2D eigenvalue weighted by atomic mass is 10.0. The number of nitrogens with zero attached hydrogens (tertiary/aromatic N) is 3. The zero-order chi connectivity index (χ0) is 22.5. The van der Waals surface area contributed by atoms with Crippen LogP contribution in [0.2, 0.25) is 0 Å². The summed E-state index contributed by atoms with van der Waals surface area (Å²) in [7, 11) is 1.96. The van der Waals surface area contributed by atoms with E-state index < -0.39 is 0 Å². The third-order valence-electron chi connectivity index (χ3n) is 5.75. The maximum Gasteiger partial charge on any atom is 0.234 e. The van der Waals surface area contributed by atoms with E-state index in [2.05, 4.69) is 90.0 Å². The van der Waals surface area contributed by atoms with Crippen LogP contribution in [0.3, 0.4) is 0 Å². The predicted molar refractivity (Wildman–Crippen MR) is 132 cm³/mol. The number of nitrogens with one attached hydrogen (secondary N) is 1. The van der Waals surface area contributed by atoms with Crippen molar-refractivity contribution in [2.24, 2.45) is 7.05 Å². The van der Waals surface area contributed by atoms with Gasteiger partial charge >= 0.3 is 0 Å². The number of carbonyl (C=O) groups excluding carboxylic acids is 1. The molecule has 0 saturated heterocycles. The Bertz CT molecular complexity index is 1220. The Morgan fingerprint density at radius 2 is 1.56 bits per heavy atom. The molecule has 3 aromatic carbocycles. The minimum atomic E-state index is -0.0239. The maximum atomic E-state index is 12.7. The van der Waals surface area contributed by atoms with E-state index in [-0.39, 0.29) is 5.91 Å². The lowest BCUT2D eigenvalue weighted by Gasteiger charge is -2.14. The van der Waals surface area contributed by atoms with Gasteiger partial charge in [0.05, 0.1) is 5.75 Å². The Morgan fingerprint density at radius 1 is 0.906 bits per heavy atom. The number of benzene rings is 3. The Labute approximate surface area is 193 Å². The molecular formula is C26H28N4OS. The quantitative estimate of drug-likeness (QED) is 0.369. The van der Waals surface area contributed by atoms with Gasteiger partial charge in [-0.1, -0.05) is 86.3 Å². The number of hydrogen-bond acceptors (Lipinski definition) is 4. The van der Waals surface area contributed by atoms with E-state index in [1.165, 1.54) is 39.2 Å². The summed E-state index contributed by atoms with van der Waals surface area (Å²) < 4.78 is 1.98. The van der Waals surface area contributed by atoms with E-state index in [1.807, 2.05) is 11.6 Å². The van der Waals surface area contributed by atoms with E-state index in [9.17, 15) is 4.79 Å². The second-order valence-corrected chi connectivity index (χ2v) is 8.71. The normalized spacial score (nSPS) is 11.1. The average Bonchev–Trinajstić information content (AvgIpc) is 3.17. The lowest BCUT2D eigenvalue weighted by molar-refractivity contribution is -0.113. The SMILES string of the molecule is CCc1cccc(CC)c1NC(=O)CSc1nnc(Cc2cccc3ccccc23)n1C. The molecule has 0 atom stereocenters. The van der Waals surface area contributed by atoms with Gasteiger partial charge < -0.3 is 9.88 Å². The van der Waals surface area contributed by atoms with Gasteiger partial charge in [0, 0.05) is 19.2 Å². The summed E-state index contributed by atoms with van der Waals surface area (Å²) in [6, 6.07) is 20.9. The van der Waals surface area contributed by atoms with E-state index in [1.54, 1.807) is 0 Å². The molecule has 0 aliphatic rings. The first-order chi connectivity index (χ1) is 15.6. The number of anilines is 1. The summed E-state index contributed by atoms with van der Waals surface area (Å²) in [5, 5.41) is 15.0. The molecule has 1 N–H and O–H groups in total. The monoisotopic (exact) mass is 444 g/mol. The standard InChI is InChI=1S/C26H28N4OS/c1-4-18-11-8-12-19(5-2)25(18)27-24(31)17-32-26-29-28-23(30(26)3)16-21-14-9-13-20-10-6-7-15-22(20)21/h6-15H,4-5,16-17H2,1-3H3,(H,27,31). The summed E-state index contributed by atoms with van der Waals surface area (Å²) in [5.74, 6) is 1.15. The molecule has 4 rings (SSSR count). The van der Waals surface area contributed by atoms with Crippen molar-refractivity contribution in [1.29, 1.82) is 0 Å². The predicted octanol–water partition coefficient (Wildman–Crippen LogP) is 5.41. The molecule has 4 aromatic rings. The van der Waals surface area contributed by atoms with Crippen molar-refractivity contribution in [3.8, 4) is 0 Å². The van der Waals surface area contributed by atoms with Crippen LogP contribution in [0.25, 0.3) is 10.8 Å². The molecule has 164 valence electrons. The van der Waals surface area contributed by atoms with Crippen LogP contribution < -0.4 is 5.32 Å². The van der Waals surface area contributed by atoms with Crippen molar-refractivity contribution in [2.45, 2.75) is 38.3 Å². The Morgan fingerprint density at radius 3 is 2.31 bits per heavy atom. The van der Waals surface area contributed by atoms with Gasteiger partial charge in [0.1, 0.15) is 5.82 Å². The minimum Gasteiger partial charge on any atom is -0.325 e. The summed E-state index contributed by atoms with van der Waals surface area (Å²) in [6.45, 7) is 4.21. The minimum absolute atomic E-state index is 0.0239. The highest BCUT2D eigenvalue weighted by Crippen LogP contribution is 2.25. The zero-order valence-corrected chi connectivity index (χ0v) is 19.6. The van der Waals surface area contributed by atoms with Crippen LogP contribution >= 0.6 is 11.8 Å². The highest BCUT2D eigenvalue weighted by Gasteiger charge is 2.15. The Hall–Kier alpha value is -3.12. The number of thioether (sulfide) groups is 1. The third-order valence-corrected chi connectivity index (χ3v) is 6.77. The Balaban J connectivity index is 1.44. The highest BCUT2D eigenvalue weighted by molar-refractivity contribution is 7.99. The first-order valence-electron chi connectivity index (χ1n) is 11.0. The number of hydrogen-bond donors (Lipinski definition) is 1. The molecule has 0 bridgehead atoms. The number of aromatic nitrogens is 3. The van der Waals surface area contributed by atoms with Crippen molar-refractivity contribution in [2.75, 3.05) is 11.1 Å². The van der Waals surface area contributed by atoms with Gasteiger partial charge in [0.2, 0.25) is 5.91 Å². The smallest absolute Gasteiger partial charge is 0.234 e. The van der Waals surface area contributed by atoms with Crippen molar-refractivity contribution >= 4 is 34.1 Å². The van der Waals surface area contributed by atoms with Crippen molar-refractivity contribution in [1.82, 2.24) is 14.8 Å². The molecule has 1 heterocycles. The summed E-state index contributed by atoms with van der Waals surface area (Å²) >= 11 is 1.41. The molecule has 0 aliphatic heterocycles. The largest absolute Gasteiger partial charge is 0.325 e. The number of fused-ring (bicyclic) bond motifs is 1. The number of para-hydroxylation sites is 1. The van der Waals surface area contributed by atoms with Crippen LogP contribution in [0.4, 0.5) is 5.69 Å². The number of aryl methyl sites for hydroxylation is 2. The van der Waals surface area contributed by atoms with Crippen LogP contribution in [0, 0.1) is 0 Å². The molecule has 1 aromatic heterocycles. The van der Waals surface area contributed by atoms with E-state index in [4.69, 9.17) is 0 Å². The number of carbonyl (C=O) groups is 1. The average molecular weight is 445 g/mol. The van der Waals surface area contributed by atoms with Gasteiger partial charge in [-0.3, -0.25) is 4.79 Å². The summed E-state index contributed by atoms with van der Waals surface area (Å²) in [5.41, 5.74) is 4.51. The first kappa shape index (κ1) is 22.1. The molecule has 0 radical (unpaired) electrons. The maximum absolute atomic E-state index is 12.7. The molecule has 32 heavy (non-hydrogen) atoms. The zero-order valence-electron chi connectivity index (χ0n) is 18.8. The van der Waals surface area contributed by atoms with Gasteiger partial charge in [-0.05, 0) is 40.3 Å². The van der Waals surface area contributed by atoms with Crippen LogP contribution in [-0.2, 0) is 31.1 Å². The van der Waals surface area contributed by atoms with Gasteiger partial charge in [-0.25, -0.2) is 0 Å². The first-order valence-corrected chi connectivity index (χ1v) is 12.0. The highest BCUT2D eigenvalue weighted by atomic mass is 32.2. The lowest BCUT2D eigenvalue weighted by Crippen LogP contribution is -2.17. The summed E-state index contributed by atoms with van der Waals surface area (Å²) in [4.78, 5) is 12.7. The number of rotatable bonds is 8. The molecule has 0 fully saturated rings. The van der Waals surface area contributed by atoms with Crippen LogP contribution in [0.5, 0.6) is 0 Å². The second kappa shape index (κ2) is 10.0. The molecule has 0 aliphatic carbocycles. The molecule has 0 spiro atoms. The number of amides is 1. The molecule has 6 heteroatoms. The topological polar surface area (TPSA) is 59.8 Å². The second-order valence-electron chi connectivity index (χ2n) is 7.77. The molecular weight excluding hydrogens is 416 g/mol.